The predicted molar refractivity (Wildman–Crippen MR) is 350 cm³/mol. The Hall–Kier alpha value is -11.1. The first-order chi connectivity index (χ1) is 56.0. The largest absolute Gasteiger partial charge is 0.458 e. The van der Waals surface area contributed by atoms with Crippen LogP contribution in [0.3, 0.4) is 0 Å². The van der Waals surface area contributed by atoms with E-state index in [4.69, 9.17) is 30.8 Å². The fourth-order valence-corrected chi connectivity index (χ4v) is 10.2. The molecule has 15 rings (SSSR count). The fourth-order valence-electron chi connectivity index (χ4n) is 10.2. The third-order valence-electron chi connectivity index (χ3n) is 14.0. The van der Waals surface area contributed by atoms with E-state index in [-0.39, 0.29) is 39.6 Å². The highest BCUT2D eigenvalue weighted by Crippen LogP contribution is 2.42. The van der Waals surface area contributed by atoms with Crippen molar-refractivity contribution in [2.75, 3.05) is 0 Å². The topological polar surface area (TPSA) is 35.9 Å². The van der Waals surface area contributed by atoms with Crippen LogP contribution in [0.5, 0.6) is 11.5 Å². The molecule has 0 N–H and O–H groups in total. The Balaban J connectivity index is 1.04. The van der Waals surface area contributed by atoms with Crippen molar-refractivity contribution < 1.29 is 55.9 Å². The van der Waals surface area contributed by atoms with Gasteiger partial charge in [0.15, 0.2) is 0 Å². The molecule has 0 aliphatic carbocycles. The number of ether oxygens (including phenoxy) is 1. The van der Waals surface area contributed by atoms with Gasteiger partial charge in [0, 0.05) is 31.2 Å². The minimum Gasteiger partial charge on any atom is -0.458 e. The Morgan fingerprint density at radius 1 is 0.412 bits per heavy atom. The standard InChI is InChI=1S/C80H56N4O/c1-54-42-79(81-52-55(54)2)84-75-41-38-61(56-22-8-3-9-23-56)49-74(75)73-40-39-70(51-78(73)84)85-69-33-20-32-68(50-69)82-53-83(77-37-19-18-36-76(77)82)80-71(66-45-62(57-24-10-4-11-25-57)43-63(46-66)58-26-12-5-13-27-58)34-21-35-72(80)67-47-64(59-28-14-6-15-29-59)44-65(48-67)60-30-16-7-17-31-60/h3-52H,1-2H3/i1D3,2D3,4D,5D,6D,7D,10D,11D,12D,13D,14D,15D,16D,17D,24D,25D,26D,27D,28D,29D,30D,31D,42D,43D,44D,45D,46D,47D,48D,52D. The van der Waals surface area contributed by atoms with Gasteiger partial charge in [-0.05, 0) is 187 Å². The lowest BCUT2D eigenvalue weighted by molar-refractivity contribution is -0.571. The highest BCUT2D eigenvalue weighted by Gasteiger charge is 2.23. The van der Waals surface area contributed by atoms with Crippen LogP contribution in [0.15, 0.2) is 303 Å². The van der Waals surface area contributed by atoms with Crippen LogP contribution in [0.25, 0.3) is 128 Å². The fraction of sp³-hybridized carbons (Fsp3) is 0.0250. The Labute approximate surface area is 542 Å². The first-order valence-electron chi connectivity index (χ1n) is 43.1. The van der Waals surface area contributed by atoms with E-state index in [9.17, 15) is 20.6 Å². The molecular weight excluding hydrogens is 1030 g/mol. The van der Waals surface area contributed by atoms with Crippen LogP contribution in [0, 0.1) is 20.0 Å². The molecule has 5 heteroatoms. The van der Waals surface area contributed by atoms with E-state index in [0.29, 0.717) is 16.3 Å². The number of pyridine rings is 1. The quantitative estimate of drug-likeness (QED) is 0.0903. The Morgan fingerprint density at radius 3 is 1.56 bits per heavy atom. The van der Waals surface area contributed by atoms with Gasteiger partial charge in [0.05, 0.1) is 71.8 Å². The van der Waals surface area contributed by atoms with Gasteiger partial charge in [-0.15, -0.1) is 0 Å². The van der Waals surface area contributed by atoms with Gasteiger partial charge in [0.2, 0.25) is 0 Å². The number of fused-ring (bicyclic) bond motifs is 4. The van der Waals surface area contributed by atoms with E-state index < -0.39 is 267 Å². The molecular formula is C80H56N4O. The zero-order valence-corrected chi connectivity index (χ0v) is 43.9. The first kappa shape index (κ1) is 26.4. The Bertz CT molecular complexity index is 6440. The van der Waals surface area contributed by atoms with Gasteiger partial charge in [-0.25, -0.2) is 4.98 Å². The SMILES string of the molecule is [2H]c1nc(-n2c3ccc(-c4ccccc4)cc3c3ccc(Oc4cccc(-n5[c-][n+](-c6c(-c7c([2H])c(-c8c([2H])c([2H])c([2H])c([2H])c8[2H])c([2H])c(-c8c([2H])c([2H])c([2H])c([2H])c8[2H])c7[2H])cccc6-c6c([2H])c(-c7c([2H])c([2H])c([2H])c([2H])c7[2H])c([2H])c(-c7c([2H])c([2H])c([2H])c([2H])c7[2H])c6[2H])c6ccccc65)c4)cc32)c([2H])c(C([2H])([2H])[2H])c1C([2H])([2H])[2H]. The first-order valence-corrected chi connectivity index (χ1v) is 26.1. The van der Waals surface area contributed by atoms with Gasteiger partial charge in [-0.3, -0.25) is 13.7 Å². The van der Waals surface area contributed by atoms with Crippen LogP contribution in [0.4, 0.5) is 0 Å². The van der Waals surface area contributed by atoms with Gasteiger partial charge < -0.3 is 4.74 Å². The van der Waals surface area contributed by atoms with Crippen molar-refractivity contribution in [3.63, 3.8) is 0 Å². The molecule has 0 aliphatic rings. The lowest BCUT2D eigenvalue weighted by Gasteiger charge is -2.20. The van der Waals surface area contributed by atoms with Crippen molar-refractivity contribution in [2.45, 2.75) is 13.7 Å². The van der Waals surface area contributed by atoms with E-state index in [1.54, 1.807) is 72.8 Å². The monoisotopic (exact) mass is 1120 g/mol. The molecule has 0 aliphatic heterocycles. The minimum atomic E-state index is -3.22. The number of nitrogens with zero attached hydrogens (tertiary/aromatic N) is 4. The van der Waals surface area contributed by atoms with E-state index in [2.05, 4.69) is 11.3 Å². The van der Waals surface area contributed by atoms with Gasteiger partial charge >= 0.3 is 0 Å². The van der Waals surface area contributed by atoms with Crippen LogP contribution in [0.1, 0.15) is 57.7 Å². The maximum absolute atomic E-state index is 10.4. The molecule has 0 fully saturated rings. The lowest BCUT2D eigenvalue weighted by atomic mass is 9.89. The summed E-state index contributed by atoms with van der Waals surface area (Å²) in [4.78, 5) is 4.34. The molecule has 85 heavy (non-hydrogen) atoms. The number of rotatable bonds is 12. The highest BCUT2D eigenvalue weighted by molar-refractivity contribution is 6.11. The molecule has 0 amide bonds. The van der Waals surface area contributed by atoms with Crippen molar-refractivity contribution >= 4 is 32.8 Å². The maximum atomic E-state index is 10.4. The molecule has 0 atom stereocenters. The number of imidazole rings is 1. The summed E-state index contributed by atoms with van der Waals surface area (Å²) < 4.78 is 321. The molecule has 5 nitrogen and oxygen atoms in total. The van der Waals surface area contributed by atoms with Gasteiger partial charge in [-0.2, -0.15) is 0 Å². The van der Waals surface area contributed by atoms with Crippen molar-refractivity contribution in [1.82, 2.24) is 14.1 Å². The van der Waals surface area contributed by atoms with E-state index in [0.717, 1.165) is 11.1 Å². The number of hydrogen-bond donors (Lipinski definition) is 0. The smallest absolute Gasteiger partial charge is 0.269 e. The number of para-hydroxylation sites is 3. The molecule has 0 unspecified atom stereocenters. The molecule has 12 aromatic carbocycles. The van der Waals surface area contributed by atoms with Crippen LogP contribution in [-0.2, 0) is 0 Å². The summed E-state index contributed by atoms with van der Waals surface area (Å²) >= 11 is 0. The summed E-state index contributed by atoms with van der Waals surface area (Å²) in [7, 11) is 0. The summed E-state index contributed by atoms with van der Waals surface area (Å²) in [5.74, 6) is -0.190. The summed E-state index contributed by atoms with van der Waals surface area (Å²) in [6.07, 6.45) is 2.41. The number of hydrogen-bond acceptors (Lipinski definition) is 2. The minimum absolute atomic E-state index is 0.0895. The van der Waals surface area contributed by atoms with Gasteiger partial charge in [-0.1, -0.05) is 206 Å². The Kier molecular flexibility index (Phi) is 6.72. The van der Waals surface area contributed by atoms with Crippen LogP contribution < -0.4 is 9.30 Å². The van der Waals surface area contributed by atoms with Crippen molar-refractivity contribution in [3.8, 4) is 107 Å². The zero-order valence-electron chi connectivity index (χ0n) is 77.9. The summed E-state index contributed by atoms with van der Waals surface area (Å²) in [5, 5.41) is 1.08. The third-order valence-corrected chi connectivity index (χ3v) is 14.0. The summed E-state index contributed by atoms with van der Waals surface area (Å²) in [6.45, 7) is -6.40. The van der Waals surface area contributed by atoms with E-state index >= 15 is 0 Å². The molecule has 0 saturated heterocycles. The average molecular weight is 1120 g/mol. The molecule has 15 aromatic rings. The van der Waals surface area contributed by atoms with Crippen LogP contribution in [0.2, 0.25) is 0 Å². The molecule has 3 heterocycles. The molecule has 0 radical (unpaired) electrons. The van der Waals surface area contributed by atoms with Crippen molar-refractivity contribution in [1.29, 1.82) is 0 Å². The second-order valence-electron chi connectivity index (χ2n) is 19.1. The second-order valence-corrected chi connectivity index (χ2v) is 19.1. The zero-order chi connectivity index (χ0) is 86.2. The second kappa shape index (κ2) is 21.6. The van der Waals surface area contributed by atoms with Crippen LogP contribution in [-0.4, -0.2) is 14.1 Å². The van der Waals surface area contributed by atoms with Crippen LogP contribution >= 0.6 is 0 Å². The maximum Gasteiger partial charge on any atom is 0.269 e. The van der Waals surface area contributed by atoms with E-state index in [1.807, 2.05) is 36.4 Å². The Morgan fingerprint density at radius 2 is 0.965 bits per heavy atom. The normalized spacial score (nSPS) is 17.4. The number of aromatic nitrogens is 4. The number of benzene rings is 12. The average Bonchev–Trinajstić information content (AvgIpc) is 1.70. The summed E-state index contributed by atoms with van der Waals surface area (Å²) in [6, 6.07) is 9.78. The summed E-state index contributed by atoms with van der Waals surface area (Å²) in [5.41, 5.74) is -8.50. The van der Waals surface area contributed by atoms with Crippen molar-refractivity contribution in [3.05, 3.63) is 320 Å². The molecule has 0 bridgehead atoms. The van der Waals surface area contributed by atoms with Gasteiger partial charge in [0.25, 0.3) is 6.33 Å². The molecule has 0 spiro atoms. The predicted octanol–water partition coefficient (Wildman–Crippen LogP) is 20.3. The molecule has 3 aromatic heterocycles. The van der Waals surface area contributed by atoms with Crippen molar-refractivity contribution in [2.24, 2.45) is 0 Å². The lowest BCUT2D eigenvalue weighted by Crippen LogP contribution is -2.31. The molecule has 402 valence electrons. The highest BCUT2D eigenvalue weighted by atomic mass is 16.5. The third kappa shape index (κ3) is 9.63. The van der Waals surface area contributed by atoms with Gasteiger partial charge in [0.1, 0.15) is 17.3 Å². The molecule has 0 saturated carbocycles. The van der Waals surface area contributed by atoms with E-state index in [1.165, 1.54) is 38.0 Å².